The number of piperidine rings is 1. The summed E-state index contributed by atoms with van der Waals surface area (Å²) in [7, 11) is -3.84. The van der Waals surface area contributed by atoms with Gasteiger partial charge in [0.2, 0.25) is 10.0 Å². The van der Waals surface area contributed by atoms with Crippen molar-refractivity contribution >= 4 is 21.5 Å². The minimum Gasteiger partial charge on any atom is -0.381 e. The van der Waals surface area contributed by atoms with Gasteiger partial charge in [0.05, 0.1) is 16.8 Å². The number of nitrogens with two attached hydrogens (primary N) is 2. The van der Waals surface area contributed by atoms with Gasteiger partial charge in [-0.2, -0.15) is 17.5 Å². The van der Waals surface area contributed by atoms with E-state index < -0.39 is 21.9 Å². The fourth-order valence-electron chi connectivity index (χ4n) is 4.08. The minimum absolute atomic E-state index is 0.0347. The van der Waals surface area contributed by atoms with E-state index in [4.69, 9.17) is 11.5 Å². The average Bonchev–Trinajstić information content (AvgIpc) is 3.11. The van der Waals surface area contributed by atoms with Crippen LogP contribution in [0.4, 0.5) is 19.0 Å². The number of nitrogens with zero attached hydrogens (tertiary/aromatic N) is 4. The number of hydrogen-bond acceptors (Lipinski definition) is 6. The minimum atomic E-state index is -4.70. The van der Waals surface area contributed by atoms with E-state index in [1.165, 1.54) is 27.0 Å². The highest BCUT2D eigenvalue weighted by molar-refractivity contribution is 7.89. The fraction of sp³-hybridized carbons (Fsp3) is 0.400. The molecule has 12 heteroatoms. The predicted octanol–water partition coefficient (Wildman–Crippen LogP) is 2.66. The van der Waals surface area contributed by atoms with Crippen LogP contribution < -0.4 is 11.5 Å². The van der Waals surface area contributed by atoms with Gasteiger partial charge in [0.1, 0.15) is 0 Å². The number of anilines is 1. The third kappa shape index (κ3) is 3.93. The van der Waals surface area contributed by atoms with Crippen molar-refractivity contribution < 1.29 is 21.6 Å². The van der Waals surface area contributed by atoms with Crippen LogP contribution in [-0.2, 0) is 16.2 Å². The number of sulfonamides is 1. The van der Waals surface area contributed by atoms with E-state index in [9.17, 15) is 21.6 Å². The number of imidazole rings is 1. The largest absolute Gasteiger partial charge is 0.434 e. The lowest BCUT2D eigenvalue weighted by Crippen LogP contribution is -2.48. The SMILES string of the molecule is Cc1ccc(S(=O)(=O)N2C[C@@H](C)C[C@@H](N)C2)cc1-c1cnc2c(N)nc(C(F)(F)F)cn12. The van der Waals surface area contributed by atoms with Crippen molar-refractivity contribution in [3.8, 4) is 11.3 Å². The number of nitrogen functional groups attached to an aromatic ring is 1. The van der Waals surface area contributed by atoms with Crippen LogP contribution in [0.25, 0.3) is 16.9 Å². The summed E-state index contributed by atoms with van der Waals surface area (Å²) in [6, 6.07) is 4.29. The molecule has 1 aliphatic rings. The summed E-state index contributed by atoms with van der Waals surface area (Å²) in [6.45, 7) is 4.24. The molecule has 0 bridgehead atoms. The standard InChI is InChI=1S/C20H23F3N6O2S/c1-11-5-13(24)9-28(8-11)32(30,31)14-4-3-12(2)15(6-14)16-7-26-19-18(25)27-17(10-29(16)19)20(21,22)23/h3-4,6-7,10-11,13H,5,8-9,24H2,1-2H3,(H2,25,27)/t11-,13+/m0/s1. The van der Waals surface area contributed by atoms with Crippen LogP contribution >= 0.6 is 0 Å². The van der Waals surface area contributed by atoms with E-state index in [2.05, 4.69) is 9.97 Å². The maximum absolute atomic E-state index is 13.3. The Hall–Kier alpha value is -2.70. The predicted molar refractivity (Wildman–Crippen MR) is 113 cm³/mol. The Morgan fingerprint density at radius 1 is 1.22 bits per heavy atom. The van der Waals surface area contributed by atoms with Gasteiger partial charge in [-0.25, -0.2) is 18.4 Å². The Balaban J connectivity index is 1.84. The first kappa shape index (κ1) is 22.5. The number of aryl methyl sites for hydroxylation is 1. The molecule has 1 saturated heterocycles. The number of alkyl halides is 3. The summed E-state index contributed by atoms with van der Waals surface area (Å²) in [5.41, 5.74) is 12.0. The topological polar surface area (TPSA) is 120 Å². The second kappa shape index (κ2) is 7.71. The zero-order valence-corrected chi connectivity index (χ0v) is 18.3. The van der Waals surface area contributed by atoms with Gasteiger partial charge in [0.15, 0.2) is 17.2 Å². The third-order valence-corrected chi connectivity index (χ3v) is 7.42. The Morgan fingerprint density at radius 2 is 1.94 bits per heavy atom. The molecule has 0 unspecified atom stereocenters. The van der Waals surface area contributed by atoms with Crippen LogP contribution in [0.2, 0.25) is 0 Å². The normalized spacial score (nSPS) is 20.7. The van der Waals surface area contributed by atoms with Gasteiger partial charge < -0.3 is 11.5 Å². The maximum Gasteiger partial charge on any atom is 0.434 e. The summed E-state index contributed by atoms with van der Waals surface area (Å²) in [5, 5.41) is 0. The number of aromatic nitrogens is 3. The average molecular weight is 469 g/mol. The lowest BCUT2D eigenvalue weighted by molar-refractivity contribution is -0.141. The van der Waals surface area contributed by atoms with Gasteiger partial charge in [0.25, 0.3) is 0 Å². The van der Waals surface area contributed by atoms with Crippen molar-refractivity contribution in [1.29, 1.82) is 0 Å². The van der Waals surface area contributed by atoms with Gasteiger partial charge in [-0.1, -0.05) is 13.0 Å². The first-order valence-corrected chi connectivity index (χ1v) is 11.4. The van der Waals surface area contributed by atoms with E-state index in [1.807, 2.05) is 6.92 Å². The lowest BCUT2D eigenvalue weighted by atomic mass is 9.99. The zero-order chi connectivity index (χ0) is 23.4. The molecule has 2 aromatic heterocycles. The lowest BCUT2D eigenvalue weighted by Gasteiger charge is -2.34. The molecule has 1 aromatic carbocycles. The summed E-state index contributed by atoms with van der Waals surface area (Å²) in [6.07, 6.45) is -1.80. The number of fused-ring (bicyclic) bond motifs is 1. The second-order valence-electron chi connectivity index (χ2n) is 8.25. The van der Waals surface area contributed by atoms with Gasteiger partial charge in [-0.05, 0) is 37.0 Å². The number of rotatable bonds is 3. The molecule has 172 valence electrons. The summed E-state index contributed by atoms with van der Waals surface area (Å²) < 4.78 is 68.9. The smallest absolute Gasteiger partial charge is 0.381 e. The van der Waals surface area contributed by atoms with E-state index >= 15 is 0 Å². The van der Waals surface area contributed by atoms with E-state index in [-0.39, 0.29) is 40.6 Å². The number of halogens is 3. The molecule has 1 aliphatic heterocycles. The van der Waals surface area contributed by atoms with Crippen molar-refractivity contribution in [1.82, 2.24) is 18.7 Å². The van der Waals surface area contributed by atoms with Crippen molar-refractivity contribution in [2.45, 2.75) is 37.4 Å². The molecular weight excluding hydrogens is 445 g/mol. The molecular formula is C20H23F3N6O2S. The first-order valence-electron chi connectivity index (χ1n) is 9.95. The van der Waals surface area contributed by atoms with Crippen LogP contribution in [0.1, 0.15) is 24.6 Å². The highest BCUT2D eigenvalue weighted by Crippen LogP contribution is 2.33. The highest BCUT2D eigenvalue weighted by Gasteiger charge is 2.35. The van der Waals surface area contributed by atoms with E-state index in [0.29, 0.717) is 17.7 Å². The van der Waals surface area contributed by atoms with Gasteiger partial charge >= 0.3 is 6.18 Å². The van der Waals surface area contributed by atoms with Crippen LogP contribution in [0.15, 0.2) is 35.5 Å². The third-order valence-electron chi connectivity index (χ3n) is 5.59. The molecule has 0 aliphatic carbocycles. The summed E-state index contributed by atoms with van der Waals surface area (Å²) >= 11 is 0. The highest BCUT2D eigenvalue weighted by atomic mass is 32.2. The monoisotopic (exact) mass is 468 g/mol. The van der Waals surface area contributed by atoms with Crippen molar-refractivity contribution in [2.75, 3.05) is 18.8 Å². The van der Waals surface area contributed by atoms with Gasteiger partial charge in [-0.3, -0.25) is 4.40 Å². The molecule has 4 rings (SSSR count). The Morgan fingerprint density at radius 3 is 2.59 bits per heavy atom. The van der Waals surface area contributed by atoms with Crippen molar-refractivity contribution in [2.24, 2.45) is 11.7 Å². The molecule has 4 N–H and O–H groups in total. The molecule has 0 amide bonds. The molecule has 0 saturated carbocycles. The molecule has 8 nitrogen and oxygen atoms in total. The molecule has 3 aromatic rings. The Labute approximate surface area is 183 Å². The quantitative estimate of drug-likeness (QED) is 0.610. The molecule has 1 fully saturated rings. The first-order chi connectivity index (χ1) is 14.9. The summed E-state index contributed by atoms with van der Waals surface area (Å²) in [4.78, 5) is 7.52. The second-order valence-corrected chi connectivity index (χ2v) is 10.2. The Bertz CT molecular complexity index is 1280. The van der Waals surface area contributed by atoms with Crippen LogP contribution in [0.3, 0.4) is 0 Å². The molecule has 0 radical (unpaired) electrons. The summed E-state index contributed by atoms with van der Waals surface area (Å²) in [5.74, 6) is -0.253. The van der Waals surface area contributed by atoms with Crippen molar-refractivity contribution in [3.63, 3.8) is 0 Å². The molecule has 2 atom stereocenters. The van der Waals surface area contributed by atoms with Gasteiger partial charge in [-0.15, -0.1) is 0 Å². The van der Waals surface area contributed by atoms with Crippen LogP contribution in [0.5, 0.6) is 0 Å². The number of hydrogen-bond donors (Lipinski definition) is 2. The van der Waals surface area contributed by atoms with Crippen LogP contribution in [-0.4, -0.2) is 46.2 Å². The van der Waals surface area contributed by atoms with Crippen LogP contribution in [0, 0.1) is 12.8 Å². The molecule has 32 heavy (non-hydrogen) atoms. The Kier molecular flexibility index (Phi) is 5.42. The van der Waals surface area contributed by atoms with E-state index in [1.54, 1.807) is 13.0 Å². The maximum atomic E-state index is 13.3. The van der Waals surface area contributed by atoms with Crippen molar-refractivity contribution in [3.05, 3.63) is 41.9 Å². The molecule has 3 heterocycles. The molecule has 0 spiro atoms. The number of benzene rings is 1. The van der Waals surface area contributed by atoms with E-state index in [0.717, 1.165) is 12.6 Å². The van der Waals surface area contributed by atoms with Gasteiger partial charge in [0, 0.05) is 30.9 Å². The zero-order valence-electron chi connectivity index (χ0n) is 17.5. The fourth-order valence-corrected chi connectivity index (χ4v) is 5.72.